The molecule has 0 aliphatic heterocycles. The Bertz CT molecular complexity index is 659. The molecule has 0 unspecified atom stereocenters. The molecule has 0 spiro atoms. The minimum absolute atomic E-state index is 0. The Hall–Kier alpha value is -2.17. The molecular formula is C21H28ClNO3. The highest BCUT2D eigenvalue weighted by Gasteiger charge is 2.06. The predicted molar refractivity (Wildman–Crippen MR) is 109 cm³/mol. The largest absolute Gasteiger partial charge is 0.497 e. The first-order valence-corrected chi connectivity index (χ1v) is 8.60. The normalized spacial score (nSPS) is 9.92. The van der Waals surface area contributed by atoms with Gasteiger partial charge in [-0.25, -0.2) is 0 Å². The van der Waals surface area contributed by atoms with Crippen LogP contribution >= 0.6 is 12.4 Å². The first kappa shape index (κ1) is 21.9. The van der Waals surface area contributed by atoms with Crippen molar-refractivity contribution in [1.82, 2.24) is 5.32 Å². The van der Waals surface area contributed by atoms with Crippen LogP contribution in [0.4, 0.5) is 0 Å². The van der Waals surface area contributed by atoms with Crippen LogP contribution in [-0.2, 0) is 13.0 Å². The molecule has 0 fully saturated rings. The number of ether oxygens (including phenoxy) is 3. The van der Waals surface area contributed by atoms with Gasteiger partial charge in [0.1, 0.15) is 12.4 Å². The molecular weight excluding hydrogens is 350 g/mol. The van der Waals surface area contributed by atoms with Gasteiger partial charge in [-0.3, -0.25) is 0 Å². The van der Waals surface area contributed by atoms with Crippen LogP contribution in [0.15, 0.2) is 55.1 Å². The Balaban J connectivity index is 0.00000338. The van der Waals surface area contributed by atoms with Crippen LogP contribution < -0.4 is 19.5 Å². The summed E-state index contributed by atoms with van der Waals surface area (Å²) in [6.07, 6.45) is 2.70. The fourth-order valence-corrected chi connectivity index (χ4v) is 2.46. The summed E-state index contributed by atoms with van der Waals surface area (Å²) < 4.78 is 16.5. The number of hydrogen-bond donors (Lipinski definition) is 1. The fraction of sp³-hybridized carbons (Fsp3) is 0.333. The minimum Gasteiger partial charge on any atom is -0.497 e. The molecule has 5 heteroatoms. The molecule has 2 aromatic carbocycles. The van der Waals surface area contributed by atoms with Gasteiger partial charge in [0.2, 0.25) is 0 Å². The summed E-state index contributed by atoms with van der Waals surface area (Å²) in [4.78, 5) is 0. The van der Waals surface area contributed by atoms with Crippen molar-refractivity contribution in [2.24, 2.45) is 0 Å². The highest BCUT2D eigenvalue weighted by Crippen LogP contribution is 2.28. The third-order valence-corrected chi connectivity index (χ3v) is 3.74. The highest BCUT2D eigenvalue weighted by molar-refractivity contribution is 5.85. The summed E-state index contributed by atoms with van der Waals surface area (Å²) in [7, 11) is 1.68. The van der Waals surface area contributed by atoms with Crippen LogP contribution in [0.3, 0.4) is 0 Å². The molecule has 0 saturated heterocycles. The first-order valence-electron chi connectivity index (χ1n) is 8.60. The smallest absolute Gasteiger partial charge is 0.161 e. The van der Waals surface area contributed by atoms with Crippen LogP contribution in [0.25, 0.3) is 0 Å². The van der Waals surface area contributed by atoms with Gasteiger partial charge >= 0.3 is 0 Å². The van der Waals surface area contributed by atoms with Gasteiger partial charge < -0.3 is 19.5 Å². The van der Waals surface area contributed by atoms with E-state index in [0.29, 0.717) is 13.2 Å². The SMILES string of the molecule is C=CCOc1ccc(CNCCc2ccc(OC)cc2)cc1OCC.Cl. The Labute approximate surface area is 162 Å². The van der Waals surface area contributed by atoms with E-state index < -0.39 is 0 Å². The molecule has 1 N–H and O–H groups in total. The Morgan fingerprint density at radius 1 is 1.00 bits per heavy atom. The molecule has 2 aromatic rings. The van der Waals surface area contributed by atoms with E-state index >= 15 is 0 Å². The lowest BCUT2D eigenvalue weighted by Gasteiger charge is -2.13. The lowest BCUT2D eigenvalue weighted by atomic mass is 10.1. The Morgan fingerprint density at radius 3 is 2.38 bits per heavy atom. The van der Waals surface area contributed by atoms with Crippen LogP contribution in [0.1, 0.15) is 18.1 Å². The Morgan fingerprint density at radius 2 is 1.73 bits per heavy atom. The molecule has 0 saturated carbocycles. The van der Waals surface area contributed by atoms with Crippen molar-refractivity contribution >= 4 is 12.4 Å². The van der Waals surface area contributed by atoms with Crippen LogP contribution in [0.2, 0.25) is 0 Å². The van der Waals surface area contributed by atoms with E-state index in [9.17, 15) is 0 Å². The highest BCUT2D eigenvalue weighted by atomic mass is 35.5. The molecule has 2 rings (SSSR count). The fourth-order valence-electron chi connectivity index (χ4n) is 2.46. The molecule has 0 radical (unpaired) electrons. The molecule has 0 aromatic heterocycles. The van der Waals surface area contributed by atoms with Gasteiger partial charge in [0.25, 0.3) is 0 Å². The van der Waals surface area contributed by atoms with Crippen LogP contribution in [0, 0.1) is 0 Å². The molecule has 0 heterocycles. The van der Waals surface area contributed by atoms with Gasteiger partial charge in [-0.1, -0.05) is 30.9 Å². The summed E-state index contributed by atoms with van der Waals surface area (Å²) in [6, 6.07) is 14.2. The van der Waals surface area contributed by atoms with E-state index in [2.05, 4.69) is 30.1 Å². The van der Waals surface area contributed by atoms with Gasteiger partial charge in [-0.05, 0) is 55.3 Å². The van der Waals surface area contributed by atoms with Crippen molar-refractivity contribution in [3.8, 4) is 17.2 Å². The second-order valence-corrected chi connectivity index (χ2v) is 5.59. The van der Waals surface area contributed by atoms with E-state index in [-0.39, 0.29) is 12.4 Å². The zero-order chi connectivity index (χ0) is 17.9. The van der Waals surface area contributed by atoms with Gasteiger partial charge in [0.15, 0.2) is 11.5 Å². The zero-order valence-corrected chi connectivity index (χ0v) is 16.3. The molecule has 0 amide bonds. The number of nitrogens with one attached hydrogen (secondary N) is 1. The molecule has 4 nitrogen and oxygen atoms in total. The summed E-state index contributed by atoms with van der Waals surface area (Å²) in [5, 5.41) is 3.47. The number of benzene rings is 2. The number of rotatable bonds is 11. The predicted octanol–water partition coefficient (Wildman–Crippen LogP) is 4.41. The molecule has 0 aliphatic rings. The average Bonchev–Trinajstić information content (AvgIpc) is 2.65. The Kier molecular flexibility index (Phi) is 10.3. The molecule has 26 heavy (non-hydrogen) atoms. The summed E-state index contributed by atoms with van der Waals surface area (Å²) in [5.74, 6) is 2.42. The van der Waals surface area contributed by atoms with Crippen molar-refractivity contribution < 1.29 is 14.2 Å². The lowest BCUT2D eigenvalue weighted by molar-refractivity contribution is 0.296. The maximum absolute atomic E-state index is 5.67. The van der Waals surface area contributed by atoms with Crippen molar-refractivity contribution in [2.75, 3.05) is 26.9 Å². The van der Waals surface area contributed by atoms with Crippen molar-refractivity contribution in [3.05, 3.63) is 66.2 Å². The third kappa shape index (κ3) is 6.98. The van der Waals surface area contributed by atoms with E-state index in [0.717, 1.165) is 36.8 Å². The maximum atomic E-state index is 5.67. The van der Waals surface area contributed by atoms with Crippen LogP contribution in [-0.4, -0.2) is 26.9 Å². The number of methoxy groups -OCH3 is 1. The molecule has 0 bridgehead atoms. The third-order valence-electron chi connectivity index (χ3n) is 3.74. The van der Waals surface area contributed by atoms with E-state index in [1.807, 2.05) is 31.2 Å². The molecule has 0 atom stereocenters. The monoisotopic (exact) mass is 377 g/mol. The van der Waals surface area contributed by atoms with Crippen molar-refractivity contribution in [3.63, 3.8) is 0 Å². The van der Waals surface area contributed by atoms with Gasteiger partial charge in [0, 0.05) is 6.54 Å². The van der Waals surface area contributed by atoms with Crippen LogP contribution in [0.5, 0.6) is 17.2 Å². The minimum atomic E-state index is 0. The van der Waals surface area contributed by atoms with Gasteiger partial charge in [-0.2, -0.15) is 0 Å². The quantitative estimate of drug-likeness (QED) is 0.465. The number of halogens is 1. The van der Waals surface area contributed by atoms with E-state index in [4.69, 9.17) is 14.2 Å². The summed E-state index contributed by atoms with van der Waals surface area (Å²) >= 11 is 0. The first-order chi connectivity index (χ1) is 12.3. The second-order valence-electron chi connectivity index (χ2n) is 5.59. The topological polar surface area (TPSA) is 39.7 Å². The van der Waals surface area contributed by atoms with Crippen molar-refractivity contribution in [2.45, 2.75) is 19.9 Å². The van der Waals surface area contributed by atoms with Crippen molar-refractivity contribution in [1.29, 1.82) is 0 Å². The zero-order valence-electron chi connectivity index (χ0n) is 15.5. The molecule has 0 aliphatic carbocycles. The average molecular weight is 378 g/mol. The number of hydrogen-bond acceptors (Lipinski definition) is 4. The molecule has 142 valence electrons. The second kappa shape index (κ2) is 12.2. The standard InChI is InChI=1S/C21H27NO3.ClH/c1-4-14-25-20-11-8-18(15-21(20)24-5-2)16-22-13-12-17-6-9-19(23-3)10-7-17;/h4,6-11,15,22H,1,5,12-14,16H2,2-3H3;1H. The summed E-state index contributed by atoms with van der Waals surface area (Å²) in [6.45, 7) is 8.42. The van der Waals surface area contributed by atoms with Gasteiger partial charge in [0.05, 0.1) is 13.7 Å². The van der Waals surface area contributed by atoms with E-state index in [1.165, 1.54) is 11.1 Å². The lowest BCUT2D eigenvalue weighted by Crippen LogP contribution is -2.16. The summed E-state index contributed by atoms with van der Waals surface area (Å²) in [5.41, 5.74) is 2.46. The van der Waals surface area contributed by atoms with E-state index in [1.54, 1.807) is 13.2 Å². The van der Waals surface area contributed by atoms with Gasteiger partial charge in [-0.15, -0.1) is 12.4 Å². The maximum Gasteiger partial charge on any atom is 0.161 e.